The number of aromatic nitrogens is 2. The minimum Gasteiger partial charge on any atom is -0.269 e. The zero-order chi connectivity index (χ0) is 12.5. The lowest BCUT2D eigenvalue weighted by molar-refractivity contribution is 0.0640. The maximum absolute atomic E-state index is 12.1. The van der Waals surface area contributed by atoms with Crippen LogP contribution in [0.3, 0.4) is 0 Å². The number of carbonyl (C=O) groups excluding carboxylic acids is 2. The molecule has 2 amide bonds. The van der Waals surface area contributed by atoms with Gasteiger partial charge in [0.1, 0.15) is 0 Å². The van der Waals surface area contributed by atoms with E-state index in [1.807, 2.05) is 0 Å². The molecule has 0 radical (unpaired) electrons. The fraction of sp³-hybridized carbons (Fsp3) is 0.0769. The van der Waals surface area contributed by atoms with Crippen LogP contribution in [-0.2, 0) is 6.54 Å². The first-order valence-corrected chi connectivity index (χ1v) is 5.49. The molecule has 0 fully saturated rings. The highest BCUT2D eigenvalue weighted by Gasteiger charge is 2.35. The van der Waals surface area contributed by atoms with E-state index in [1.54, 1.807) is 42.6 Å². The highest BCUT2D eigenvalue weighted by molar-refractivity contribution is 6.21. The van der Waals surface area contributed by atoms with Gasteiger partial charge in [0.2, 0.25) is 0 Å². The molecule has 0 spiro atoms. The summed E-state index contributed by atoms with van der Waals surface area (Å²) in [6.07, 6.45) is 1.55. The Balaban J connectivity index is 1.93. The Bertz CT molecular complexity index is 590. The van der Waals surface area contributed by atoms with Crippen molar-refractivity contribution in [1.82, 2.24) is 15.1 Å². The van der Waals surface area contributed by atoms with Crippen LogP contribution in [0.1, 0.15) is 26.4 Å². The number of rotatable bonds is 2. The average Bonchev–Trinajstić information content (AvgIpc) is 2.66. The van der Waals surface area contributed by atoms with Crippen LogP contribution in [0, 0.1) is 0 Å². The van der Waals surface area contributed by atoms with Crippen molar-refractivity contribution in [3.63, 3.8) is 0 Å². The molecule has 0 unspecified atom stereocenters. The first kappa shape index (κ1) is 10.6. The predicted octanol–water partition coefficient (Wildman–Crippen LogP) is 1.27. The minimum absolute atomic E-state index is 0.153. The Labute approximate surface area is 103 Å². The first-order valence-electron chi connectivity index (χ1n) is 5.49. The lowest BCUT2D eigenvalue weighted by atomic mass is 10.1. The molecule has 1 aliphatic rings. The molecule has 18 heavy (non-hydrogen) atoms. The summed E-state index contributed by atoms with van der Waals surface area (Å²) in [5.74, 6) is -0.553. The van der Waals surface area contributed by atoms with E-state index >= 15 is 0 Å². The van der Waals surface area contributed by atoms with Gasteiger partial charge in [-0.15, -0.1) is 0 Å². The van der Waals surface area contributed by atoms with Gasteiger partial charge in [-0.05, 0) is 24.3 Å². The summed E-state index contributed by atoms with van der Waals surface area (Å²) in [6.45, 7) is 0.153. The fourth-order valence-corrected chi connectivity index (χ4v) is 1.96. The second-order valence-corrected chi connectivity index (χ2v) is 3.96. The molecule has 88 valence electrons. The minimum atomic E-state index is -0.277. The van der Waals surface area contributed by atoms with Crippen molar-refractivity contribution >= 4 is 11.8 Å². The van der Waals surface area contributed by atoms with Crippen molar-refractivity contribution in [2.45, 2.75) is 6.54 Å². The van der Waals surface area contributed by atoms with E-state index in [1.165, 1.54) is 4.90 Å². The Morgan fingerprint density at radius 1 is 0.944 bits per heavy atom. The monoisotopic (exact) mass is 239 g/mol. The molecule has 0 saturated carbocycles. The zero-order valence-corrected chi connectivity index (χ0v) is 9.41. The van der Waals surface area contributed by atoms with E-state index in [0.717, 1.165) is 0 Å². The number of amides is 2. The van der Waals surface area contributed by atoms with Gasteiger partial charge < -0.3 is 0 Å². The van der Waals surface area contributed by atoms with Gasteiger partial charge in [0.25, 0.3) is 11.8 Å². The molecule has 0 N–H and O–H groups in total. The van der Waals surface area contributed by atoms with Crippen LogP contribution in [0.2, 0.25) is 0 Å². The molecular formula is C13H9N3O2. The molecule has 5 nitrogen and oxygen atoms in total. The highest BCUT2D eigenvalue weighted by atomic mass is 16.2. The smallest absolute Gasteiger partial charge is 0.261 e. The van der Waals surface area contributed by atoms with Crippen LogP contribution in [-0.4, -0.2) is 26.9 Å². The molecule has 0 atom stereocenters. The van der Waals surface area contributed by atoms with E-state index in [0.29, 0.717) is 16.8 Å². The van der Waals surface area contributed by atoms with Crippen LogP contribution in [0.4, 0.5) is 0 Å². The van der Waals surface area contributed by atoms with Crippen molar-refractivity contribution in [1.29, 1.82) is 0 Å². The Morgan fingerprint density at radius 3 is 2.17 bits per heavy atom. The summed E-state index contributed by atoms with van der Waals surface area (Å²) in [4.78, 5) is 25.3. The van der Waals surface area contributed by atoms with Gasteiger partial charge in [-0.3, -0.25) is 14.5 Å². The number of fused-ring (bicyclic) bond motifs is 1. The van der Waals surface area contributed by atoms with Crippen molar-refractivity contribution in [3.05, 3.63) is 59.4 Å². The summed E-state index contributed by atoms with van der Waals surface area (Å²) >= 11 is 0. The third-order valence-corrected chi connectivity index (χ3v) is 2.83. The molecular weight excluding hydrogens is 230 g/mol. The highest BCUT2D eigenvalue weighted by Crippen LogP contribution is 2.23. The van der Waals surface area contributed by atoms with Crippen molar-refractivity contribution in [2.75, 3.05) is 0 Å². The van der Waals surface area contributed by atoms with E-state index < -0.39 is 0 Å². The van der Waals surface area contributed by atoms with Gasteiger partial charge in [0.05, 0.1) is 23.4 Å². The quantitative estimate of drug-likeness (QED) is 0.740. The average molecular weight is 239 g/mol. The van der Waals surface area contributed by atoms with Crippen LogP contribution in [0.25, 0.3) is 0 Å². The maximum Gasteiger partial charge on any atom is 0.261 e. The number of hydrogen-bond donors (Lipinski definition) is 0. The first-order chi connectivity index (χ1) is 8.77. The molecule has 5 heteroatoms. The van der Waals surface area contributed by atoms with E-state index in [2.05, 4.69) is 10.2 Å². The van der Waals surface area contributed by atoms with Crippen LogP contribution < -0.4 is 0 Å². The van der Waals surface area contributed by atoms with Crippen molar-refractivity contribution < 1.29 is 9.59 Å². The Kier molecular flexibility index (Phi) is 2.37. The third-order valence-electron chi connectivity index (χ3n) is 2.83. The van der Waals surface area contributed by atoms with Gasteiger partial charge in [0, 0.05) is 6.20 Å². The lowest BCUT2D eigenvalue weighted by Gasteiger charge is -2.12. The number of imide groups is 1. The molecule has 1 aromatic carbocycles. The Hall–Kier alpha value is -2.56. The Morgan fingerprint density at radius 2 is 1.61 bits per heavy atom. The number of hydrogen-bond acceptors (Lipinski definition) is 4. The molecule has 0 aliphatic carbocycles. The standard InChI is InChI=1S/C13H9N3O2/c17-12-10-5-1-2-6-11(10)13(18)16(12)8-9-4-3-7-14-15-9/h1-7H,8H2. The topological polar surface area (TPSA) is 63.2 Å². The summed E-state index contributed by atoms with van der Waals surface area (Å²) in [5.41, 5.74) is 1.49. The van der Waals surface area contributed by atoms with Crippen molar-refractivity contribution in [2.24, 2.45) is 0 Å². The number of carbonyl (C=O) groups is 2. The van der Waals surface area contributed by atoms with Gasteiger partial charge in [-0.25, -0.2) is 0 Å². The van der Waals surface area contributed by atoms with Gasteiger partial charge in [-0.1, -0.05) is 12.1 Å². The van der Waals surface area contributed by atoms with Gasteiger partial charge in [0.15, 0.2) is 0 Å². The largest absolute Gasteiger partial charge is 0.269 e. The molecule has 1 aromatic heterocycles. The molecule has 2 aromatic rings. The van der Waals surface area contributed by atoms with E-state index in [4.69, 9.17) is 0 Å². The van der Waals surface area contributed by atoms with Gasteiger partial charge in [-0.2, -0.15) is 10.2 Å². The van der Waals surface area contributed by atoms with Crippen LogP contribution in [0.5, 0.6) is 0 Å². The molecule has 3 rings (SSSR count). The van der Waals surface area contributed by atoms with Crippen LogP contribution in [0.15, 0.2) is 42.6 Å². The van der Waals surface area contributed by atoms with Gasteiger partial charge >= 0.3 is 0 Å². The molecule has 0 saturated heterocycles. The van der Waals surface area contributed by atoms with Crippen LogP contribution >= 0.6 is 0 Å². The van der Waals surface area contributed by atoms with Crippen molar-refractivity contribution in [3.8, 4) is 0 Å². The third kappa shape index (κ3) is 1.57. The lowest BCUT2D eigenvalue weighted by Crippen LogP contribution is -2.29. The normalized spacial score (nSPS) is 13.9. The SMILES string of the molecule is O=C1c2ccccc2C(=O)N1Cc1cccnn1. The van der Waals surface area contributed by atoms with E-state index in [9.17, 15) is 9.59 Å². The zero-order valence-electron chi connectivity index (χ0n) is 9.41. The number of benzene rings is 1. The molecule has 0 bridgehead atoms. The second-order valence-electron chi connectivity index (χ2n) is 3.96. The summed E-state index contributed by atoms with van der Waals surface area (Å²) in [6, 6.07) is 10.3. The summed E-state index contributed by atoms with van der Waals surface area (Å²) < 4.78 is 0. The maximum atomic E-state index is 12.1. The predicted molar refractivity (Wildman–Crippen MR) is 62.7 cm³/mol. The summed E-state index contributed by atoms with van der Waals surface area (Å²) in [5, 5.41) is 7.60. The van der Waals surface area contributed by atoms with E-state index in [-0.39, 0.29) is 18.4 Å². The summed E-state index contributed by atoms with van der Waals surface area (Å²) in [7, 11) is 0. The second kappa shape index (κ2) is 4.03. The molecule has 2 heterocycles. The number of nitrogens with zero attached hydrogens (tertiary/aromatic N) is 3. The molecule has 1 aliphatic heterocycles. The fourth-order valence-electron chi connectivity index (χ4n) is 1.96.